The molecule has 2 unspecified atom stereocenters. The van der Waals surface area contributed by atoms with Crippen LogP contribution in [0.2, 0.25) is 0 Å². The van der Waals surface area contributed by atoms with Crippen molar-refractivity contribution in [2.75, 3.05) is 6.61 Å². The Kier molecular flexibility index (Phi) is 8.27. The van der Waals surface area contributed by atoms with Gasteiger partial charge in [-0.1, -0.05) is 48.2 Å². The number of hydrogen-bond acceptors (Lipinski definition) is 5. The topological polar surface area (TPSA) is 81.6 Å². The van der Waals surface area contributed by atoms with Crippen LogP contribution in [0.3, 0.4) is 0 Å². The van der Waals surface area contributed by atoms with E-state index in [4.69, 9.17) is 4.74 Å². The number of carboxylic acids is 1. The van der Waals surface area contributed by atoms with Gasteiger partial charge in [0.05, 0.1) is 18.6 Å². The Morgan fingerprint density at radius 1 is 1.03 bits per heavy atom. The van der Waals surface area contributed by atoms with E-state index in [2.05, 4.69) is 28.7 Å². The molecule has 3 aromatic carbocycles. The average molecular weight is 534 g/mol. The van der Waals surface area contributed by atoms with E-state index in [0.29, 0.717) is 13.2 Å². The van der Waals surface area contributed by atoms with Gasteiger partial charge in [-0.2, -0.15) is 0 Å². The van der Waals surface area contributed by atoms with E-state index >= 15 is 0 Å². The molecule has 5 nitrogen and oxygen atoms in total. The Morgan fingerprint density at radius 2 is 1.70 bits per heavy atom. The first-order chi connectivity index (χ1) is 17.5. The first kappa shape index (κ1) is 27.2. The first-order valence-electron chi connectivity index (χ1n) is 12.0. The molecule has 0 radical (unpaired) electrons. The Bertz CT molecular complexity index is 1460. The molecule has 2 N–H and O–H groups in total. The summed E-state index contributed by atoms with van der Waals surface area (Å²) in [5, 5.41) is 11.7. The summed E-state index contributed by atoms with van der Waals surface area (Å²) in [4.78, 5) is 11.8. The van der Waals surface area contributed by atoms with Gasteiger partial charge in [-0.15, -0.1) is 16.1 Å². The van der Waals surface area contributed by atoms with Crippen LogP contribution >= 0.6 is 11.3 Å². The molecule has 192 valence electrons. The largest absolute Gasteiger partial charge is 0.598 e. The SMILES string of the molecule is CC(CC(=O)O)(N[S+]([O-])C(C)(C)C)c1ccc2sc3ccc(C#CCOCc4ccccc4)cc3c2c1. The third-order valence-electron chi connectivity index (χ3n) is 6.00. The predicted molar refractivity (Wildman–Crippen MR) is 153 cm³/mol. The summed E-state index contributed by atoms with van der Waals surface area (Å²) in [6.07, 6.45) is -0.192. The minimum atomic E-state index is -1.44. The molecular formula is C30H31NO4S2. The van der Waals surface area contributed by atoms with Gasteiger partial charge in [0.25, 0.3) is 0 Å². The van der Waals surface area contributed by atoms with Crippen LogP contribution in [0, 0.1) is 11.8 Å². The fourth-order valence-corrected chi connectivity index (χ4v) is 5.96. The van der Waals surface area contributed by atoms with Crippen LogP contribution in [-0.2, 0) is 33.0 Å². The van der Waals surface area contributed by atoms with Crippen molar-refractivity contribution in [3.8, 4) is 11.8 Å². The molecule has 2 atom stereocenters. The molecule has 0 fully saturated rings. The number of ether oxygens (including phenoxy) is 1. The molecule has 1 aromatic heterocycles. The van der Waals surface area contributed by atoms with E-state index in [1.54, 1.807) is 18.3 Å². The molecule has 7 heteroatoms. The summed E-state index contributed by atoms with van der Waals surface area (Å²) < 4.78 is 23.4. The van der Waals surface area contributed by atoms with Crippen molar-refractivity contribution in [3.63, 3.8) is 0 Å². The standard InChI is InChI=1S/C30H31NO4S2/c1-29(2,3)37(34)31-30(4,19-28(32)33)23-13-15-27-25(18-23)24-17-21(12-14-26(24)36-27)11-8-16-35-20-22-9-6-5-7-10-22/h5-7,9-10,12-15,17-18,31H,16,19-20H2,1-4H3,(H,32,33). The van der Waals surface area contributed by atoms with Gasteiger partial charge in [0.15, 0.2) is 0 Å². The van der Waals surface area contributed by atoms with Gasteiger partial charge in [-0.05, 0) is 69.2 Å². The number of benzene rings is 3. The van der Waals surface area contributed by atoms with Crippen molar-refractivity contribution in [3.05, 3.63) is 83.4 Å². The van der Waals surface area contributed by atoms with E-state index in [9.17, 15) is 14.5 Å². The maximum atomic E-state index is 12.9. The highest BCUT2D eigenvalue weighted by Crippen LogP contribution is 2.38. The maximum absolute atomic E-state index is 12.9. The van der Waals surface area contributed by atoms with Gasteiger partial charge in [0, 0.05) is 37.1 Å². The van der Waals surface area contributed by atoms with Crippen LogP contribution in [0.15, 0.2) is 66.7 Å². The third-order valence-corrected chi connectivity index (χ3v) is 8.90. The fraction of sp³-hybridized carbons (Fsp3) is 0.300. The van der Waals surface area contributed by atoms with E-state index in [1.807, 2.05) is 75.4 Å². The maximum Gasteiger partial charge on any atom is 0.305 e. The van der Waals surface area contributed by atoms with Crippen molar-refractivity contribution >= 4 is 48.8 Å². The second-order valence-corrected chi connectivity index (χ2v) is 13.2. The lowest BCUT2D eigenvalue weighted by Crippen LogP contribution is -2.50. The zero-order valence-electron chi connectivity index (χ0n) is 21.5. The van der Waals surface area contributed by atoms with Crippen LogP contribution in [0.5, 0.6) is 0 Å². The van der Waals surface area contributed by atoms with E-state index in [1.165, 1.54) is 0 Å². The monoisotopic (exact) mass is 533 g/mol. The lowest BCUT2D eigenvalue weighted by Gasteiger charge is -2.34. The van der Waals surface area contributed by atoms with Crippen LogP contribution in [-0.4, -0.2) is 27.0 Å². The van der Waals surface area contributed by atoms with E-state index < -0.39 is 27.6 Å². The fourth-order valence-electron chi connectivity index (χ4n) is 3.99. The Labute approximate surface area is 225 Å². The number of fused-ring (bicyclic) bond motifs is 3. The number of thiophene rings is 1. The van der Waals surface area contributed by atoms with Crippen molar-refractivity contribution < 1.29 is 19.2 Å². The zero-order valence-corrected chi connectivity index (χ0v) is 23.1. The van der Waals surface area contributed by atoms with Crippen LogP contribution in [0.4, 0.5) is 0 Å². The van der Waals surface area contributed by atoms with Crippen LogP contribution in [0.1, 0.15) is 50.8 Å². The van der Waals surface area contributed by atoms with Gasteiger partial charge < -0.3 is 14.4 Å². The number of nitrogens with one attached hydrogen (secondary N) is 1. The minimum absolute atomic E-state index is 0.192. The number of carboxylic acid groups (broad SMARTS) is 1. The molecule has 0 aliphatic carbocycles. The average Bonchev–Trinajstić information content (AvgIpc) is 3.20. The zero-order chi connectivity index (χ0) is 26.6. The Hall–Kier alpha value is -2.86. The van der Waals surface area contributed by atoms with Crippen molar-refractivity contribution in [1.82, 2.24) is 4.72 Å². The molecule has 0 saturated carbocycles. The molecule has 0 spiro atoms. The van der Waals surface area contributed by atoms with Crippen LogP contribution < -0.4 is 4.72 Å². The molecule has 0 aliphatic rings. The second-order valence-electron chi connectivity index (χ2n) is 10.2. The third kappa shape index (κ3) is 6.72. The minimum Gasteiger partial charge on any atom is -0.598 e. The molecule has 37 heavy (non-hydrogen) atoms. The molecule has 4 aromatic rings. The highest BCUT2D eigenvalue weighted by molar-refractivity contribution is 7.90. The van der Waals surface area contributed by atoms with Gasteiger partial charge in [0.1, 0.15) is 11.4 Å². The van der Waals surface area contributed by atoms with E-state index in [-0.39, 0.29) is 6.42 Å². The summed E-state index contributed by atoms with van der Waals surface area (Å²) in [6.45, 7) is 8.25. The molecule has 1 heterocycles. The quantitative estimate of drug-likeness (QED) is 0.156. The summed E-state index contributed by atoms with van der Waals surface area (Å²) in [5.41, 5.74) is 1.79. The number of aliphatic carboxylic acids is 1. The summed E-state index contributed by atoms with van der Waals surface area (Å²) in [6, 6.07) is 22.1. The second kappa shape index (κ2) is 11.3. The molecule has 4 rings (SSSR count). The van der Waals surface area contributed by atoms with E-state index in [0.717, 1.165) is 36.9 Å². The number of carbonyl (C=O) groups is 1. The predicted octanol–water partition coefficient (Wildman–Crippen LogP) is 6.36. The molecule has 0 aliphatic heterocycles. The Morgan fingerprint density at radius 3 is 2.38 bits per heavy atom. The highest BCUT2D eigenvalue weighted by Gasteiger charge is 2.39. The van der Waals surface area contributed by atoms with Crippen LogP contribution in [0.25, 0.3) is 20.2 Å². The lowest BCUT2D eigenvalue weighted by molar-refractivity contribution is -0.138. The lowest BCUT2D eigenvalue weighted by atomic mass is 9.89. The first-order valence-corrected chi connectivity index (χ1v) is 14.0. The molecular weight excluding hydrogens is 502 g/mol. The van der Waals surface area contributed by atoms with Crippen molar-refractivity contribution in [2.45, 2.75) is 51.0 Å². The van der Waals surface area contributed by atoms with Crippen molar-refractivity contribution in [1.29, 1.82) is 0 Å². The molecule has 0 bridgehead atoms. The summed E-state index contributed by atoms with van der Waals surface area (Å²) in [5.74, 6) is 5.33. The molecule has 0 amide bonds. The van der Waals surface area contributed by atoms with Crippen molar-refractivity contribution in [2.24, 2.45) is 0 Å². The normalized spacial score (nSPS) is 14.2. The Balaban J connectivity index is 1.61. The van der Waals surface area contributed by atoms with Gasteiger partial charge in [-0.25, -0.2) is 0 Å². The highest BCUT2D eigenvalue weighted by atomic mass is 32.2. The molecule has 0 saturated heterocycles. The number of rotatable bonds is 8. The number of hydrogen-bond donors (Lipinski definition) is 2. The summed E-state index contributed by atoms with van der Waals surface area (Å²) >= 11 is 0.244. The smallest absolute Gasteiger partial charge is 0.305 e. The van der Waals surface area contributed by atoms with Gasteiger partial charge in [0.2, 0.25) is 0 Å². The van der Waals surface area contributed by atoms with Gasteiger partial charge in [-0.3, -0.25) is 4.79 Å². The van der Waals surface area contributed by atoms with Gasteiger partial charge >= 0.3 is 5.97 Å². The summed E-state index contributed by atoms with van der Waals surface area (Å²) in [7, 11) is 0.